The van der Waals surface area contributed by atoms with Crippen molar-refractivity contribution in [3.05, 3.63) is 12.4 Å². The number of aromatic nitrogens is 5. The minimum atomic E-state index is 0.0896. The predicted octanol–water partition coefficient (Wildman–Crippen LogP) is -0.662. The Bertz CT molecular complexity index is 441. The highest BCUT2D eigenvalue weighted by atomic mass is 16.3. The van der Waals surface area contributed by atoms with Gasteiger partial charge in [0.1, 0.15) is 0 Å². The topological polar surface area (TPSA) is 79.4 Å². The second-order valence-electron chi connectivity index (χ2n) is 3.02. The normalized spacial score (nSPS) is 10.8. The number of likely N-dealkylation sites (N-methyl/N-ethyl adjacent to an activating group) is 1. The van der Waals surface area contributed by atoms with Gasteiger partial charge >= 0.3 is 0 Å². The molecule has 0 atom stereocenters. The van der Waals surface area contributed by atoms with Crippen LogP contribution in [0, 0.1) is 0 Å². The maximum absolute atomic E-state index is 8.93. The first kappa shape index (κ1) is 9.78. The Morgan fingerprint density at radius 2 is 2.33 bits per heavy atom. The fourth-order valence-electron chi connectivity index (χ4n) is 1.43. The van der Waals surface area contributed by atoms with E-state index in [4.69, 9.17) is 5.11 Å². The number of tetrazole rings is 1. The Labute approximate surface area is 86.3 Å². The molecular formula is C8H12N6O. The highest BCUT2D eigenvalue weighted by molar-refractivity contribution is 5.45. The SMILES string of the molecule is CCN(CCO)c1cncc2nnnn12. The third-order valence-electron chi connectivity index (χ3n) is 2.17. The Balaban J connectivity index is 2.44. The number of hydrogen-bond acceptors (Lipinski definition) is 6. The van der Waals surface area contributed by atoms with Crippen LogP contribution in [-0.2, 0) is 0 Å². The maximum atomic E-state index is 8.93. The lowest BCUT2D eigenvalue weighted by Gasteiger charge is -2.21. The zero-order chi connectivity index (χ0) is 10.7. The molecule has 2 aromatic rings. The number of anilines is 1. The fourth-order valence-corrected chi connectivity index (χ4v) is 1.43. The van der Waals surface area contributed by atoms with Crippen LogP contribution < -0.4 is 4.90 Å². The van der Waals surface area contributed by atoms with E-state index in [1.807, 2.05) is 11.8 Å². The number of nitrogens with zero attached hydrogens (tertiary/aromatic N) is 6. The molecule has 2 aromatic heterocycles. The Kier molecular flexibility index (Phi) is 2.72. The molecule has 2 heterocycles. The summed E-state index contributed by atoms with van der Waals surface area (Å²) >= 11 is 0. The lowest BCUT2D eigenvalue weighted by atomic mass is 10.4. The molecule has 7 nitrogen and oxygen atoms in total. The van der Waals surface area contributed by atoms with Crippen molar-refractivity contribution in [2.24, 2.45) is 0 Å². The van der Waals surface area contributed by atoms with Gasteiger partial charge in [-0.2, -0.15) is 4.52 Å². The van der Waals surface area contributed by atoms with E-state index >= 15 is 0 Å². The highest BCUT2D eigenvalue weighted by Crippen LogP contribution is 2.11. The van der Waals surface area contributed by atoms with Crippen molar-refractivity contribution in [1.29, 1.82) is 0 Å². The second kappa shape index (κ2) is 4.18. The van der Waals surface area contributed by atoms with Crippen LogP contribution in [-0.4, -0.2) is 49.8 Å². The number of rotatable bonds is 4. The number of hydrogen-bond donors (Lipinski definition) is 1. The van der Waals surface area contributed by atoms with Crippen molar-refractivity contribution in [2.75, 3.05) is 24.6 Å². The van der Waals surface area contributed by atoms with Gasteiger partial charge in [-0.3, -0.25) is 4.98 Å². The first-order valence-corrected chi connectivity index (χ1v) is 4.74. The zero-order valence-corrected chi connectivity index (χ0v) is 8.41. The van der Waals surface area contributed by atoms with Crippen molar-refractivity contribution < 1.29 is 5.11 Å². The molecule has 15 heavy (non-hydrogen) atoms. The standard InChI is InChI=1S/C8H12N6O/c1-2-13(3-4-15)8-6-9-5-7-10-11-12-14(7)8/h5-6,15H,2-4H2,1H3. The molecule has 0 spiro atoms. The summed E-state index contributed by atoms with van der Waals surface area (Å²) in [4.78, 5) is 6.00. The summed E-state index contributed by atoms with van der Waals surface area (Å²) in [5.41, 5.74) is 0.601. The lowest BCUT2D eigenvalue weighted by Crippen LogP contribution is -2.28. The summed E-state index contributed by atoms with van der Waals surface area (Å²) in [6.07, 6.45) is 3.28. The van der Waals surface area contributed by atoms with E-state index in [0.29, 0.717) is 12.2 Å². The molecule has 0 unspecified atom stereocenters. The van der Waals surface area contributed by atoms with Crippen molar-refractivity contribution in [3.8, 4) is 0 Å². The van der Waals surface area contributed by atoms with Crippen molar-refractivity contribution in [1.82, 2.24) is 25.0 Å². The molecule has 0 saturated carbocycles. The van der Waals surface area contributed by atoms with Gasteiger partial charge in [0.2, 0.25) is 0 Å². The zero-order valence-electron chi connectivity index (χ0n) is 8.41. The van der Waals surface area contributed by atoms with Crippen LogP contribution in [0.2, 0.25) is 0 Å². The van der Waals surface area contributed by atoms with Gasteiger partial charge in [-0.05, 0) is 17.4 Å². The summed E-state index contributed by atoms with van der Waals surface area (Å²) in [6.45, 7) is 3.39. The summed E-state index contributed by atoms with van der Waals surface area (Å²) in [6, 6.07) is 0. The van der Waals surface area contributed by atoms with E-state index in [1.165, 1.54) is 0 Å². The van der Waals surface area contributed by atoms with Crippen LogP contribution in [0.15, 0.2) is 12.4 Å². The highest BCUT2D eigenvalue weighted by Gasteiger charge is 2.09. The molecule has 2 rings (SSSR count). The molecule has 80 valence electrons. The maximum Gasteiger partial charge on any atom is 0.199 e. The number of fused-ring (bicyclic) bond motifs is 1. The van der Waals surface area contributed by atoms with Gasteiger partial charge in [-0.25, -0.2) is 0 Å². The monoisotopic (exact) mass is 208 g/mol. The molecule has 0 radical (unpaired) electrons. The van der Waals surface area contributed by atoms with Crippen molar-refractivity contribution in [3.63, 3.8) is 0 Å². The Morgan fingerprint density at radius 3 is 3.07 bits per heavy atom. The third kappa shape index (κ3) is 1.73. The summed E-state index contributed by atoms with van der Waals surface area (Å²) in [5.74, 6) is 0.786. The molecule has 0 aliphatic rings. The molecule has 0 saturated heterocycles. The number of aliphatic hydroxyl groups excluding tert-OH is 1. The largest absolute Gasteiger partial charge is 0.395 e. The average Bonchev–Trinajstić information content (AvgIpc) is 2.73. The van der Waals surface area contributed by atoms with Crippen LogP contribution in [0.5, 0.6) is 0 Å². The molecule has 0 aliphatic heterocycles. The summed E-state index contributed by atoms with van der Waals surface area (Å²) in [5, 5.41) is 20.2. The van der Waals surface area contributed by atoms with E-state index in [-0.39, 0.29) is 6.61 Å². The molecule has 0 amide bonds. The van der Waals surface area contributed by atoms with E-state index in [1.54, 1.807) is 16.9 Å². The van der Waals surface area contributed by atoms with Gasteiger partial charge < -0.3 is 10.0 Å². The van der Waals surface area contributed by atoms with Gasteiger partial charge in [-0.15, -0.1) is 5.10 Å². The van der Waals surface area contributed by atoms with Crippen LogP contribution in [0.1, 0.15) is 6.92 Å². The van der Waals surface area contributed by atoms with Crippen LogP contribution in [0.3, 0.4) is 0 Å². The summed E-state index contributed by atoms with van der Waals surface area (Å²) in [7, 11) is 0. The molecule has 1 N–H and O–H groups in total. The van der Waals surface area contributed by atoms with E-state index in [0.717, 1.165) is 12.4 Å². The molecule has 0 fully saturated rings. The van der Waals surface area contributed by atoms with Crippen molar-refractivity contribution in [2.45, 2.75) is 6.92 Å². The quantitative estimate of drug-likeness (QED) is 0.718. The summed E-state index contributed by atoms with van der Waals surface area (Å²) < 4.78 is 1.60. The van der Waals surface area contributed by atoms with Gasteiger partial charge in [-0.1, -0.05) is 0 Å². The first-order chi connectivity index (χ1) is 7.36. The molecular weight excluding hydrogens is 196 g/mol. The molecule has 0 aromatic carbocycles. The predicted molar refractivity (Wildman–Crippen MR) is 53.5 cm³/mol. The number of aliphatic hydroxyl groups is 1. The lowest BCUT2D eigenvalue weighted by molar-refractivity contribution is 0.302. The minimum absolute atomic E-state index is 0.0896. The van der Waals surface area contributed by atoms with Crippen LogP contribution >= 0.6 is 0 Å². The van der Waals surface area contributed by atoms with Crippen LogP contribution in [0.25, 0.3) is 5.65 Å². The van der Waals surface area contributed by atoms with Crippen LogP contribution in [0.4, 0.5) is 5.82 Å². The van der Waals surface area contributed by atoms with E-state index in [9.17, 15) is 0 Å². The first-order valence-electron chi connectivity index (χ1n) is 4.74. The van der Waals surface area contributed by atoms with Crippen molar-refractivity contribution >= 4 is 11.5 Å². The van der Waals surface area contributed by atoms with Gasteiger partial charge in [0, 0.05) is 13.1 Å². The smallest absolute Gasteiger partial charge is 0.199 e. The molecule has 0 aliphatic carbocycles. The van der Waals surface area contributed by atoms with E-state index in [2.05, 4.69) is 20.5 Å². The van der Waals surface area contributed by atoms with Gasteiger partial charge in [0.05, 0.1) is 19.0 Å². The van der Waals surface area contributed by atoms with Gasteiger partial charge in [0.25, 0.3) is 0 Å². The second-order valence-corrected chi connectivity index (χ2v) is 3.02. The minimum Gasteiger partial charge on any atom is -0.395 e. The fraction of sp³-hybridized carbons (Fsp3) is 0.500. The average molecular weight is 208 g/mol. The van der Waals surface area contributed by atoms with E-state index < -0.39 is 0 Å². The Hall–Kier alpha value is -1.76. The molecule has 0 bridgehead atoms. The van der Waals surface area contributed by atoms with Gasteiger partial charge in [0.15, 0.2) is 11.5 Å². The molecule has 7 heteroatoms. The Morgan fingerprint density at radius 1 is 1.47 bits per heavy atom. The third-order valence-corrected chi connectivity index (χ3v) is 2.17.